The van der Waals surface area contributed by atoms with Gasteiger partial charge < -0.3 is 16.0 Å². The van der Waals surface area contributed by atoms with Crippen LogP contribution in [0.15, 0.2) is 16.6 Å². The topological polar surface area (TPSA) is 41.3 Å². The molecule has 4 heteroatoms. The van der Waals surface area contributed by atoms with E-state index in [1.165, 1.54) is 12.8 Å². The van der Waals surface area contributed by atoms with Gasteiger partial charge in [-0.2, -0.15) is 0 Å². The minimum Gasteiger partial charge on any atom is -0.398 e. The van der Waals surface area contributed by atoms with Crippen LogP contribution in [0.25, 0.3) is 0 Å². The number of unbranched alkanes of at least 4 members (excludes halogenated alkanes) is 1. The summed E-state index contributed by atoms with van der Waals surface area (Å²) < 4.78 is 1.04. The highest BCUT2D eigenvalue weighted by Gasteiger charge is 2.04. The van der Waals surface area contributed by atoms with E-state index >= 15 is 0 Å². The van der Waals surface area contributed by atoms with Crippen LogP contribution in [0.1, 0.15) is 32.3 Å². The van der Waals surface area contributed by atoms with Crippen LogP contribution in [-0.2, 0) is 0 Å². The van der Waals surface area contributed by atoms with E-state index < -0.39 is 0 Å². The van der Waals surface area contributed by atoms with Crippen LogP contribution in [0.5, 0.6) is 0 Å². The van der Waals surface area contributed by atoms with Crippen LogP contribution < -0.4 is 11.1 Å². The lowest BCUT2D eigenvalue weighted by Gasteiger charge is -2.20. The quantitative estimate of drug-likeness (QED) is 0.590. The third-order valence-electron chi connectivity index (χ3n) is 3.49. The number of nitrogens with zero attached hydrogens (tertiary/aromatic N) is 1. The molecule has 1 aromatic rings. The zero-order valence-electron chi connectivity index (χ0n) is 12.5. The van der Waals surface area contributed by atoms with Crippen molar-refractivity contribution >= 4 is 27.3 Å². The Morgan fingerprint density at radius 2 is 2.00 bits per heavy atom. The molecule has 3 N–H and O–H groups in total. The Kier molecular flexibility index (Phi) is 6.66. The van der Waals surface area contributed by atoms with Gasteiger partial charge in [0, 0.05) is 28.4 Å². The Balaban J connectivity index is 2.32. The maximum absolute atomic E-state index is 5.86. The Morgan fingerprint density at radius 3 is 2.63 bits per heavy atom. The number of hydrogen-bond acceptors (Lipinski definition) is 3. The van der Waals surface area contributed by atoms with Gasteiger partial charge in [-0.1, -0.05) is 0 Å². The summed E-state index contributed by atoms with van der Waals surface area (Å²) in [7, 11) is 2.18. The van der Waals surface area contributed by atoms with E-state index in [4.69, 9.17) is 5.73 Å². The van der Waals surface area contributed by atoms with Gasteiger partial charge in [0.25, 0.3) is 0 Å². The minimum atomic E-state index is 0.627. The highest BCUT2D eigenvalue weighted by atomic mass is 79.9. The molecule has 108 valence electrons. The van der Waals surface area contributed by atoms with Gasteiger partial charge in [-0.05, 0) is 80.8 Å². The molecule has 0 radical (unpaired) electrons. The average molecular weight is 328 g/mol. The van der Waals surface area contributed by atoms with E-state index in [0.29, 0.717) is 6.04 Å². The number of nitrogens with two attached hydrogens (primary N) is 1. The van der Waals surface area contributed by atoms with E-state index in [9.17, 15) is 0 Å². The van der Waals surface area contributed by atoms with Crippen LogP contribution >= 0.6 is 15.9 Å². The molecule has 1 rings (SSSR count). The monoisotopic (exact) mass is 327 g/mol. The van der Waals surface area contributed by atoms with E-state index in [0.717, 1.165) is 34.5 Å². The molecule has 0 fully saturated rings. The number of aryl methyl sites for hydroxylation is 1. The number of anilines is 2. The van der Waals surface area contributed by atoms with Gasteiger partial charge in [-0.25, -0.2) is 0 Å². The second-order valence-corrected chi connectivity index (χ2v) is 6.25. The molecular formula is C15H26BrN3. The predicted molar refractivity (Wildman–Crippen MR) is 88.8 cm³/mol. The maximum Gasteiger partial charge on any atom is 0.0488 e. The SMILES string of the molecule is Cc1cc(NCCCCN(C)C(C)C)c(Br)cc1N. The molecule has 3 nitrogen and oxygen atoms in total. The molecule has 0 bridgehead atoms. The van der Waals surface area contributed by atoms with Gasteiger partial charge >= 0.3 is 0 Å². The van der Waals surface area contributed by atoms with E-state index in [2.05, 4.69) is 53.1 Å². The third kappa shape index (κ3) is 5.41. The van der Waals surface area contributed by atoms with Gasteiger partial charge in [-0.3, -0.25) is 0 Å². The number of halogens is 1. The molecule has 0 heterocycles. The summed E-state index contributed by atoms with van der Waals surface area (Å²) in [6.07, 6.45) is 2.39. The van der Waals surface area contributed by atoms with Crippen molar-refractivity contribution in [2.24, 2.45) is 0 Å². The first-order valence-electron chi connectivity index (χ1n) is 6.91. The Hall–Kier alpha value is -0.740. The first-order valence-corrected chi connectivity index (χ1v) is 7.71. The first kappa shape index (κ1) is 16.3. The normalized spacial score (nSPS) is 11.3. The number of nitrogens with one attached hydrogen (secondary N) is 1. The fraction of sp³-hybridized carbons (Fsp3) is 0.600. The van der Waals surface area contributed by atoms with Gasteiger partial charge in [0.1, 0.15) is 0 Å². The van der Waals surface area contributed by atoms with Crippen molar-refractivity contribution < 1.29 is 0 Å². The maximum atomic E-state index is 5.86. The van der Waals surface area contributed by atoms with Crippen molar-refractivity contribution in [2.75, 3.05) is 31.2 Å². The Bertz CT molecular complexity index is 405. The van der Waals surface area contributed by atoms with E-state index in [1.807, 2.05) is 13.0 Å². The molecule has 0 aliphatic carbocycles. The molecule has 0 saturated heterocycles. The van der Waals surface area contributed by atoms with Crippen LogP contribution in [-0.4, -0.2) is 31.1 Å². The molecular weight excluding hydrogens is 302 g/mol. The molecule has 0 unspecified atom stereocenters. The van der Waals surface area contributed by atoms with Crippen LogP contribution in [0.4, 0.5) is 11.4 Å². The number of hydrogen-bond donors (Lipinski definition) is 2. The Morgan fingerprint density at radius 1 is 1.32 bits per heavy atom. The van der Waals surface area contributed by atoms with Crippen LogP contribution in [0.3, 0.4) is 0 Å². The second-order valence-electron chi connectivity index (χ2n) is 5.40. The van der Waals surface area contributed by atoms with Gasteiger partial charge in [0.2, 0.25) is 0 Å². The Labute approximate surface area is 125 Å². The fourth-order valence-corrected chi connectivity index (χ4v) is 2.30. The highest BCUT2D eigenvalue weighted by Crippen LogP contribution is 2.27. The molecule has 0 aromatic heterocycles. The summed E-state index contributed by atoms with van der Waals surface area (Å²) in [6.45, 7) is 8.64. The molecule has 0 atom stereocenters. The standard InChI is InChI=1S/C15H26BrN3/c1-11(2)19(4)8-6-5-7-18-15-9-12(3)14(17)10-13(15)16/h9-11,18H,5-8,17H2,1-4H3. The van der Waals surface area contributed by atoms with Crippen molar-refractivity contribution in [1.29, 1.82) is 0 Å². The summed E-state index contributed by atoms with van der Waals surface area (Å²) in [5, 5.41) is 3.46. The molecule has 0 saturated carbocycles. The minimum absolute atomic E-state index is 0.627. The number of rotatable bonds is 7. The molecule has 0 spiro atoms. The fourth-order valence-electron chi connectivity index (χ4n) is 1.80. The second kappa shape index (κ2) is 7.75. The largest absolute Gasteiger partial charge is 0.398 e. The molecule has 0 aliphatic rings. The summed E-state index contributed by atoms with van der Waals surface area (Å²) in [4.78, 5) is 2.38. The van der Waals surface area contributed by atoms with Gasteiger partial charge in [0.05, 0.1) is 0 Å². The zero-order valence-corrected chi connectivity index (χ0v) is 14.0. The molecule has 0 aliphatic heterocycles. The lowest BCUT2D eigenvalue weighted by Crippen LogP contribution is -2.27. The van der Waals surface area contributed by atoms with Crippen LogP contribution in [0.2, 0.25) is 0 Å². The van der Waals surface area contributed by atoms with Crippen LogP contribution in [0, 0.1) is 6.92 Å². The van der Waals surface area contributed by atoms with Crippen molar-refractivity contribution in [3.8, 4) is 0 Å². The summed E-state index contributed by atoms with van der Waals surface area (Å²) >= 11 is 3.54. The predicted octanol–water partition coefficient (Wildman–Crippen LogP) is 3.87. The smallest absolute Gasteiger partial charge is 0.0488 e. The highest BCUT2D eigenvalue weighted by molar-refractivity contribution is 9.10. The van der Waals surface area contributed by atoms with Crippen molar-refractivity contribution in [3.05, 3.63) is 22.2 Å². The van der Waals surface area contributed by atoms with E-state index in [1.54, 1.807) is 0 Å². The molecule has 19 heavy (non-hydrogen) atoms. The van der Waals surface area contributed by atoms with Crippen molar-refractivity contribution in [3.63, 3.8) is 0 Å². The summed E-state index contributed by atoms with van der Waals surface area (Å²) in [5.41, 5.74) is 8.94. The number of benzene rings is 1. The van der Waals surface area contributed by atoms with Gasteiger partial charge in [-0.15, -0.1) is 0 Å². The van der Waals surface area contributed by atoms with Gasteiger partial charge in [0.15, 0.2) is 0 Å². The van der Waals surface area contributed by atoms with Crippen molar-refractivity contribution in [2.45, 2.75) is 39.7 Å². The molecule has 0 amide bonds. The number of nitrogen functional groups attached to an aromatic ring is 1. The molecule has 1 aromatic carbocycles. The lowest BCUT2D eigenvalue weighted by atomic mass is 10.2. The lowest BCUT2D eigenvalue weighted by molar-refractivity contribution is 0.269. The van der Waals surface area contributed by atoms with Crippen molar-refractivity contribution in [1.82, 2.24) is 4.90 Å². The average Bonchev–Trinajstić information content (AvgIpc) is 2.34. The zero-order chi connectivity index (χ0) is 14.4. The summed E-state index contributed by atoms with van der Waals surface area (Å²) in [5.74, 6) is 0. The third-order valence-corrected chi connectivity index (χ3v) is 4.15. The van der Waals surface area contributed by atoms with E-state index in [-0.39, 0.29) is 0 Å². The first-order chi connectivity index (χ1) is 8.91. The summed E-state index contributed by atoms with van der Waals surface area (Å²) in [6, 6.07) is 4.69.